The summed E-state index contributed by atoms with van der Waals surface area (Å²) < 4.78 is 27.1. The molecule has 3 aromatic carbocycles. The first-order valence-electron chi connectivity index (χ1n) is 10.1. The number of rotatable bonds is 6. The summed E-state index contributed by atoms with van der Waals surface area (Å²) in [6.07, 6.45) is 1.69. The number of aromatic nitrogens is 2. The van der Waals surface area contributed by atoms with E-state index in [1.165, 1.54) is 12.1 Å². The van der Waals surface area contributed by atoms with E-state index >= 15 is 0 Å². The molecule has 172 valence electrons. The number of hydrogen-bond acceptors (Lipinski definition) is 5. The molecular formula is C24H19Cl2N5O2S. The first-order valence-corrected chi connectivity index (χ1v) is 12.3. The van der Waals surface area contributed by atoms with Crippen LogP contribution in [0, 0.1) is 0 Å². The predicted molar refractivity (Wildman–Crippen MR) is 135 cm³/mol. The zero-order valence-electron chi connectivity index (χ0n) is 17.7. The van der Waals surface area contributed by atoms with Gasteiger partial charge >= 0.3 is 0 Å². The Hall–Kier alpha value is -3.46. The molecule has 0 radical (unpaired) electrons. The molecule has 1 heterocycles. The van der Waals surface area contributed by atoms with Crippen LogP contribution in [-0.2, 0) is 16.6 Å². The molecule has 10 heteroatoms. The molecule has 0 unspecified atom stereocenters. The van der Waals surface area contributed by atoms with E-state index in [-0.39, 0.29) is 17.4 Å². The minimum absolute atomic E-state index is 0.0232. The quantitative estimate of drug-likeness (QED) is 0.282. The van der Waals surface area contributed by atoms with E-state index in [0.717, 1.165) is 16.7 Å². The van der Waals surface area contributed by atoms with E-state index in [9.17, 15) is 8.42 Å². The van der Waals surface area contributed by atoms with Crippen LogP contribution in [0.1, 0.15) is 5.82 Å². The number of benzene rings is 3. The van der Waals surface area contributed by atoms with Gasteiger partial charge in [0.2, 0.25) is 5.96 Å². The SMILES string of the molecule is NC(=NCc1ncc(-c2ccc(Cl)cc2)c(-c2ccc(Cl)cc2)n1)NS(=O)(=O)c1ccccc1. The van der Waals surface area contributed by atoms with Crippen LogP contribution in [0.5, 0.6) is 0 Å². The van der Waals surface area contributed by atoms with Crippen molar-refractivity contribution in [1.29, 1.82) is 0 Å². The Morgan fingerprint density at radius 3 is 2.09 bits per heavy atom. The van der Waals surface area contributed by atoms with Gasteiger partial charge in [0, 0.05) is 27.4 Å². The second-order valence-electron chi connectivity index (χ2n) is 7.18. The standard InChI is InChI=1S/C24H19Cl2N5O2S/c25-18-10-6-16(7-11-18)21-14-28-22(30-23(21)17-8-12-19(26)13-9-17)15-29-24(27)31-34(32,33)20-4-2-1-3-5-20/h1-14H,15H2,(H3,27,29,31). The number of nitrogens with zero attached hydrogens (tertiary/aromatic N) is 3. The van der Waals surface area contributed by atoms with Gasteiger partial charge in [0.15, 0.2) is 5.82 Å². The summed E-state index contributed by atoms with van der Waals surface area (Å²) in [6, 6.07) is 22.5. The summed E-state index contributed by atoms with van der Waals surface area (Å²) in [4.78, 5) is 13.3. The molecule has 0 amide bonds. The number of nitrogens with two attached hydrogens (primary N) is 1. The summed E-state index contributed by atoms with van der Waals surface area (Å²) in [7, 11) is -3.84. The summed E-state index contributed by atoms with van der Waals surface area (Å²) in [5.74, 6) is 0.104. The van der Waals surface area contributed by atoms with E-state index in [4.69, 9.17) is 28.9 Å². The molecule has 7 nitrogen and oxygen atoms in total. The predicted octanol–water partition coefficient (Wildman–Crippen LogP) is 4.91. The number of nitrogens with one attached hydrogen (secondary N) is 1. The lowest BCUT2D eigenvalue weighted by Gasteiger charge is -2.11. The van der Waals surface area contributed by atoms with Gasteiger partial charge in [-0.1, -0.05) is 65.7 Å². The Labute approximate surface area is 207 Å². The minimum atomic E-state index is -3.84. The zero-order chi connectivity index (χ0) is 24.1. The van der Waals surface area contributed by atoms with E-state index < -0.39 is 10.0 Å². The molecule has 4 rings (SSSR count). The Morgan fingerprint density at radius 1 is 0.882 bits per heavy atom. The van der Waals surface area contributed by atoms with E-state index in [1.807, 2.05) is 24.3 Å². The van der Waals surface area contributed by atoms with Crippen molar-refractivity contribution in [2.45, 2.75) is 11.4 Å². The maximum Gasteiger partial charge on any atom is 0.264 e. The number of hydrogen-bond donors (Lipinski definition) is 2. The second kappa shape index (κ2) is 10.2. The fourth-order valence-electron chi connectivity index (χ4n) is 3.15. The zero-order valence-corrected chi connectivity index (χ0v) is 20.0. The first kappa shape index (κ1) is 23.7. The average molecular weight is 512 g/mol. The lowest BCUT2D eigenvalue weighted by molar-refractivity contribution is 0.592. The van der Waals surface area contributed by atoms with Crippen LogP contribution in [-0.4, -0.2) is 24.3 Å². The van der Waals surface area contributed by atoms with Crippen LogP contribution in [0.15, 0.2) is 94.9 Å². The van der Waals surface area contributed by atoms with Crippen molar-refractivity contribution in [3.63, 3.8) is 0 Å². The Balaban J connectivity index is 1.63. The molecule has 0 fully saturated rings. The number of sulfonamides is 1. The number of aliphatic imine (C=N–C) groups is 1. The molecule has 0 bridgehead atoms. The van der Waals surface area contributed by atoms with Crippen molar-refractivity contribution < 1.29 is 8.42 Å². The van der Waals surface area contributed by atoms with Gasteiger partial charge in [-0.15, -0.1) is 0 Å². The molecule has 0 aliphatic rings. The molecule has 0 aliphatic carbocycles. The molecule has 0 spiro atoms. The lowest BCUT2D eigenvalue weighted by Crippen LogP contribution is -2.36. The molecule has 0 aliphatic heterocycles. The molecule has 34 heavy (non-hydrogen) atoms. The monoisotopic (exact) mass is 511 g/mol. The molecule has 0 saturated carbocycles. The highest BCUT2D eigenvalue weighted by Gasteiger charge is 2.15. The highest BCUT2D eigenvalue weighted by Crippen LogP contribution is 2.31. The van der Waals surface area contributed by atoms with Gasteiger partial charge in [-0.25, -0.2) is 28.1 Å². The highest BCUT2D eigenvalue weighted by molar-refractivity contribution is 7.90. The topological polar surface area (TPSA) is 110 Å². The van der Waals surface area contributed by atoms with E-state index in [1.54, 1.807) is 48.7 Å². The van der Waals surface area contributed by atoms with Gasteiger partial charge in [-0.3, -0.25) is 0 Å². The smallest absolute Gasteiger partial charge is 0.264 e. The third kappa shape index (κ3) is 5.72. The van der Waals surface area contributed by atoms with Crippen LogP contribution < -0.4 is 10.5 Å². The molecule has 3 N–H and O–H groups in total. The van der Waals surface area contributed by atoms with Crippen molar-refractivity contribution in [2.24, 2.45) is 10.7 Å². The fourth-order valence-corrected chi connectivity index (χ4v) is 4.37. The van der Waals surface area contributed by atoms with Gasteiger partial charge in [0.1, 0.15) is 6.54 Å². The summed E-state index contributed by atoms with van der Waals surface area (Å²) in [5, 5.41) is 1.23. The Kier molecular flexibility index (Phi) is 7.12. The van der Waals surface area contributed by atoms with Gasteiger partial charge in [0.05, 0.1) is 10.6 Å². The summed E-state index contributed by atoms with van der Waals surface area (Å²) in [6.45, 7) is -0.0232. The molecule has 0 saturated heterocycles. The number of halogens is 2. The van der Waals surface area contributed by atoms with Crippen LogP contribution in [0.25, 0.3) is 22.4 Å². The van der Waals surface area contributed by atoms with Gasteiger partial charge in [-0.2, -0.15) is 0 Å². The van der Waals surface area contributed by atoms with Crippen LogP contribution in [0.2, 0.25) is 10.0 Å². The summed E-state index contributed by atoms with van der Waals surface area (Å²) >= 11 is 12.1. The molecular weight excluding hydrogens is 493 g/mol. The van der Waals surface area contributed by atoms with Crippen molar-refractivity contribution in [1.82, 2.24) is 14.7 Å². The summed E-state index contributed by atoms with van der Waals surface area (Å²) in [5.41, 5.74) is 9.01. The third-order valence-electron chi connectivity index (χ3n) is 4.79. The first-order chi connectivity index (χ1) is 16.3. The van der Waals surface area contributed by atoms with Crippen LogP contribution in [0.4, 0.5) is 0 Å². The van der Waals surface area contributed by atoms with Gasteiger partial charge in [-0.05, 0) is 42.0 Å². The molecule has 4 aromatic rings. The maximum atomic E-state index is 12.4. The maximum absolute atomic E-state index is 12.4. The lowest BCUT2D eigenvalue weighted by atomic mass is 10.0. The van der Waals surface area contributed by atoms with E-state index in [0.29, 0.717) is 21.6 Å². The van der Waals surface area contributed by atoms with Gasteiger partial charge < -0.3 is 5.73 Å². The third-order valence-corrected chi connectivity index (χ3v) is 6.67. The van der Waals surface area contributed by atoms with E-state index in [2.05, 4.69) is 19.7 Å². The number of guanidine groups is 1. The van der Waals surface area contributed by atoms with Crippen molar-refractivity contribution >= 4 is 39.2 Å². The highest BCUT2D eigenvalue weighted by atomic mass is 35.5. The Morgan fingerprint density at radius 2 is 1.47 bits per heavy atom. The van der Waals surface area contributed by atoms with Gasteiger partial charge in [0.25, 0.3) is 10.0 Å². The second-order valence-corrected chi connectivity index (χ2v) is 9.74. The van der Waals surface area contributed by atoms with Crippen molar-refractivity contribution in [3.05, 3.63) is 101 Å². The minimum Gasteiger partial charge on any atom is -0.369 e. The largest absolute Gasteiger partial charge is 0.369 e. The van der Waals surface area contributed by atoms with Crippen LogP contribution >= 0.6 is 23.2 Å². The van der Waals surface area contributed by atoms with Crippen LogP contribution in [0.3, 0.4) is 0 Å². The molecule has 1 aromatic heterocycles. The molecule has 0 atom stereocenters. The Bertz CT molecular complexity index is 1430. The van der Waals surface area contributed by atoms with Crippen molar-refractivity contribution in [3.8, 4) is 22.4 Å². The fraction of sp³-hybridized carbons (Fsp3) is 0.0417. The van der Waals surface area contributed by atoms with Crippen molar-refractivity contribution in [2.75, 3.05) is 0 Å². The normalized spacial score (nSPS) is 11.9. The average Bonchev–Trinajstić information content (AvgIpc) is 2.84.